The van der Waals surface area contributed by atoms with E-state index < -0.39 is 0 Å². The van der Waals surface area contributed by atoms with Crippen LogP contribution >= 0.6 is 0 Å². The van der Waals surface area contributed by atoms with Crippen molar-refractivity contribution in [3.8, 4) is 0 Å². The lowest BCUT2D eigenvalue weighted by atomic mass is 10.1. The monoisotopic (exact) mass is 507 g/mol. The van der Waals surface area contributed by atoms with Gasteiger partial charge in [-0.05, 0) is 61.4 Å². The van der Waals surface area contributed by atoms with Gasteiger partial charge in [0, 0.05) is 35.5 Å². The third kappa shape index (κ3) is 12.6. The topological polar surface area (TPSA) is 87.3 Å². The predicted molar refractivity (Wildman–Crippen MR) is 153 cm³/mol. The first-order chi connectivity index (χ1) is 18.0. The Labute approximate surface area is 223 Å². The molecule has 3 amide bonds. The van der Waals surface area contributed by atoms with Gasteiger partial charge in [0.15, 0.2) is 0 Å². The SMILES string of the molecule is CCCCCCCCCCCNC(=O)c1ccc(NC(=O)c2ccc(NC(=O)CCCCC)cc2)cc1. The highest BCUT2D eigenvalue weighted by Gasteiger charge is 2.09. The van der Waals surface area contributed by atoms with Gasteiger partial charge in [-0.2, -0.15) is 0 Å². The summed E-state index contributed by atoms with van der Waals surface area (Å²) in [6.45, 7) is 5.02. The number of benzene rings is 2. The molecule has 0 aliphatic carbocycles. The van der Waals surface area contributed by atoms with Crippen LogP contribution in [0.2, 0.25) is 0 Å². The first-order valence-electron chi connectivity index (χ1n) is 14.1. The van der Waals surface area contributed by atoms with Crippen molar-refractivity contribution in [2.24, 2.45) is 0 Å². The van der Waals surface area contributed by atoms with Crippen molar-refractivity contribution in [2.75, 3.05) is 17.2 Å². The van der Waals surface area contributed by atoms with Gasteiger partial charge in [-0.3, -0.25) is 14.4 Å². The maximum Gasteiger partial charge on any atom is 0.255 e. The Bertz CT molecular complexity index is 939. The Morgan fingerprint density at radius 3 is 1.57 bits per heavy atom. The molecule has 0 aromatic heterocycles. The molecular formula is C31H45N3O3. The van der Waals surface area contributed by atoms with Gasteiger partial charge in [0.25, 0.3) is 11.8 Å². The Morgan fingerprint density at radius 1 is 0.541 bits per heavy atom. The second kappa shape index (κ2) is 18.1. The Balaban J connectivity index is 1.68. The zero-order valence-corrected chi connectivity index (χ0v) is 22.7. The van der Waals surface area contributed by atoms with E-state index in [4.69, 9.17) is 0 Å². The molecule has 37 heavy (non-hydrogen) atoms. The van der Waals surface area contributed by atoms with Gasteiger partial charge in [0.05, 0.1) is 0 Å². The molecule has 0 radical (unpaired) electrons. The standard InChI is InChI=1S/C31H45N3O3/c1-3-5-7-8-9-10-11-12-14-24-32-30(36)25-16-22-28(23-17-25)34-31(37)26-18-20-27(21-19-26)33-29(35)15-13-6-4-2/h16-23H,3-15,24H2,1-2H3,(H,32,36)(H,33,35)(H,34,37). The Morgan fingerprint density at radius 2 is 1.00 bits per heavy atom. The zero-order valence-electron chi connectivity index (χ0n) is 22.7. The van der Waals surface area contributed by atoms with Crippen LogP contribution in [0.4, 0.5) is 11.4 Å². The van der Waals surface area contributed by atoms with Crippen LogP contribution in [0.15, 0.2) is 48.5 Å². The number of amides is 3. The van der Waals surface area contributed by atoms with E-state index in [1.54, 1.807) is 48.5 Å². The van der Waals surface area contributed by atoms with Gasteiger partial charge in [-0.15, -0.1) is 0 Å². The lowest BCUT2D eigenvalue weighted by Crippen LogP contribution is -2.24. The first-order valence-corrected chi connectivity index (χ1v) is 14.1. The molecule has 2 aromatic rings. The molecule has 0 heterocycles. The van der Waals surface area contributed by atoms with Crippen molar-refractivity contribution < 1.29 is 14.4 Å². The minimum absolute atomic E-state index is 0.0112. The van der Waals surface area contributed by atoms with Gasteiger partial charge in [-0.25, -0.2) is 0 Å². The van der Waals surface area contributed by atoms with Gasteiger partial charge in [-0.1, -0.05) is 78.1 Å². The third-order valence-electron chi connectivity index (χ3n) is 6.41. The summed E-state index contributed by atoms with van der Waals surface area (Å²) in [7, 11) is 0. The number of rotatable bonds is 18. The van der Waals surface area contributed by atoms with E-state index in [0.29, 0.717) is 35.5 Å². The molecule has 0 saturated carbocycles. The molecule has 0 saturated heterocycles. The fourth-order valence-electron chi connectivity index (χ4n) is 4.11. The van der Waals surface area contributed by atoms with Crippen molar-refractivity contribution in [1.82, 2.24) is 5.32 Å². The van der Waals surface area contributed by atoms with E-state index in [9.17, 15) is 14.4 Å². The number of unbranched alkanes of at least 4 members (excludes halogenated alkanes) is 10. The zero-order chi connectivity index (χ0) is 26.7. The summed E-state index contributed by atoms with van der Waals surface area (Å²) in [6, 6.07) is 13.7. The minimum Gasteiger partial charge on any atom is -0.352 e. The maximum absolute atomic E-state index is 12.6. The van der Waals surface area contributed by atoms with E-state index in [0.717, 1.165) is 32.1 Å². The molecule has 0 bridgehead atoms. The minimum atomic E-state index is -0.247. The predicted octanol–water partition coefficient (Wildman–Crippen LogP) is 7.72. The van der Waals surface area contributed by atoms with Crippen LogP contribution in [0.5, 0.6) is 0 Å². The Kier molecular flexibility index (Phi) is 14.8. The smallest absolute Gasteiger partial charge is 0.255 e. The van der Waals surface area contributed by atoms with Crippen LogP contribution in [0, 0.1) is 0 Å². The van der Waals surface area contributed by atoms with Gasteiger partial charge >= 0.3 is 0 Å². The molecule has 6 nitrogen and oxygen atoms in total. The van der Waals surface area contributed by atoms with E-state index in [-0.39, 0.29) is 17.7 Å². The summed E-state index contributed by atoms with van der Waals surface area (Å²) >= 11 is 0. The van der Waals surface area contributed by atoms with Crippen molar-refractivity contribution >= 4 is 29.1 Å². The molecule has 6 heteroatoms. The molecule has 0 aliphatic rings. The molecule has 0 unspecified atom stereocenters. The summed E-state index contributed by atoms with van der Waals surface area (Å²) in [4.78, 5) is 36.9. The highest BCUT2D eigenvalue weighted by molar-refractivity contribution is 6.05. The normalized spacial score (nSPS) is 10.6. The lowest BCUT2D eigenvalue weighted by molar-refractivity contribution is -0.116. The van der Waals surface area contributed by atoms with Crippen LogP contribution in [0.3, 0.4) is 0 Å². The molecule has 3 N–H and O–H groups in total. The molecule has 2 rings (SSSR count). The van der Waals surface area contributed by atoms with Gasteiger partial charge in [0.1, 0.15) is 0 Å². The fourth-order valence-corrected chi connectivity index (χ4v) is 4.11. The van der Waals surface area contributed by atoms with Crippen LogP contribution in [-0.4, -0.2) is 24.3 Å². The third-order valence-corrected chi connectivity index (χ3v) is 6.41. The van der Waals surface area contributed by atoms with Crippen LogP contribution in [-0.2, 0) is 4.79 Å². The van der Waals surface area contributed by atoms with Crippen LogP contribution in [0.25, 0.3) is 0 Å². The molecule has 0 atom stereocenters. The average Bonchev–Trinajstić information content (AvgIpc) is 2.90. The highest BCUT2D eigenvalue weighted by atomic mass is 16.2. The maximum atomic E-state index is 12.6. The number of hydrogen-bond acceptors (Lipinski definition) is 3. The van der Waals surface area contributed by atoms with E-state index >= 15 is 0 Å². The second-order valence-electron chi connectivity index (χ2n) is 9.70. The number of carbonyl (C=O) groups excluding carboxylic acids is 3. The Hall–Kier alpha value is -3.15. The molecule has 0 fully saturated rings. The summed E-state index contributed by atoms with van der Waals surface area (Å²) in [5, 5.41) is 8.69. The average molecular weight is 508 g/mol. The summed E-state index contributed by atoms with van der Waals surface area (Å²) in [5.41, 5.74) is 2.37. The largest absolute Gasteiger partial charge is 0.352 e. The second-order valence-corrected chi connectivity index (χ2v) is 9.70. The molecule has 202 valence electrons. The van der Waals surface area contributed by atoms with Gasteiger partial charge in [0.2, 0.25) is 5.91 Å². The molecular weight excluding hydrogens is 462 g/mol. The van der Waals surface area contributed by atoms with Crippen molar-refractivity contribution in [3.63, 3.8) is 0 Å². The molecule has 2 aromatic carbocycles. The summed E-state index contributed by atoms with van der Waals surface area (Å²) in [5.74, 6) is -0.351. The number of carbonyl (C=O) groups is 3. The van der Waals surface area contributed by atoms with Crippen LogP contribution < -0.4 is 16.0 Å². The number of hydrogen-bond donors (Lipinski definition) is 3. The van der Waals surface area contributed by atoms with E-state index in [1.165, 1.54) is 44.9 Å². The first kappa shape index (κ1) is 30.1. The van der Waals surface area contributed by atoms with Crippen molar-refractivity contribution in [2.45, 2.75) is 97.3 Å². The van der Waals surface area contributed by atoms with E-state index in [2.05, 4.69) is 29.8 Å². The quantitative estimate of drug-likeness (QED) is 0.181. The fraction of sp³-hybridized carbons (Fsp3) is 0.516. The van der Waals surface area contributed by atoms with Crippen molar-refractivity contribution in [3.05, 3.63) is 59.7 Å². The number of nitrogens with one attached hydrogen (secondary N) is 3. The lowest BCUT2D eigenvalue weighted by Gasteiger charge is -2.09. The van der Waals surface area contributed by atoms with Gasteiger partial charge < -0.3 is 16.0 Å². The van der Waals surface area contributed by atoms with Crippen LogP contribution in [0.1, 0.15) is 118 Å². The number of anilines is 2. The highest BCUT2D eigenvalue weighted by Crippen LogP contribution is 2.15. The summed E-state index contributed by atoms with van der Waals surface area (Å²) < 4.78 is 0. The molecule has 0 spiro atoms. The summed E-state index contributed by atoms with van der Waals surface area (Å²) in [6.07, 6.45) is 14.8. The van der Waals surface area contributed by atoms with E-state index in [1.807, 2.05) is 0 Å². The molecule has 0 aliphatic heterocycles. The van der Waals surface area contributed by atoms with Crippen molar-refractivity contribution in [1.29, 1.82) is 0 Å².